The molecule has 2 aromatic carbocycles. The molecule has 1 amide bonds. The van der Waals surface area contributed by atoms with E-state index in [4.69, 9.17) is 17.0 Å². The number of halogens is 2. The van der Waals surface area contributed by atoms with Crippen LogP contribution >= 0.6 is 12.2 Å². The molecule has 1 aliphatic rings. The van der Waals surface area contributed by atoms with E-state index >= 15 is 0 Å². The number of carbonyl (C=O) groups is 2. The van der Waals surface area contributed by atoms with Gasteiger partial charge in [-0.15, -0.1) is 0 Å². The van der Waals surface area contributed by atoms with Crippen LogP contribution in [-0.4, -0.2) is 40.8 Å². The maximum absolute atomic E-state index is 13.4. The van der Waals surface area contributed by atoms with Gasteiger partial charge in [-0.2, -0.15) is 0 Å². The van der Waals surface area contributed by atoms with E-state index in [1.165, 1.54) is 24.3 Å². The van der Waals surface area contributed by atoms with Gasteiger partial charge in [-0.1, -0.05) is 45.0 Å². The van der Waals surface area contributed by atoms with Crippen molar-refractivity contribution in [3.63, 3.8) is 0 Å². The molecule has 1 fully saturated rings. The van der Waals surface area contributed by atoms with Crippen LogP contribution in [0.3, 0.4) is 0 Å². The second-order valence-electron chi connectivity index (χ2n) is 9.33. The molecule has 0 saturated carbocycles. The molecule has 34 heavy (non-hydrogen) atoms. The minimum absolute atomic E-state index is 0.141. The molecule has 0 aliphatic carbocycles. The van der Waals surface area contributed by atoms with Gasteiger partial charge in [0.05, 0.1) is 6.61 Å². The fourth-order valence-corrected chi connectivity index (χ4v) is 4.45. The van der Waals surface area contributed by atoms with Crippen molar-refractivity contribution in [1.29, 1.82) is 0 Å². The van der Waals surface area contributed by atoms with Crippen LogP contribution in [-0.2, 0) is 14.3 Å². The molecule has 1 atom stereocenters. The van der Waals surface area contributed by atoms with Crippen molar-refractivity contribution < 1.29 is 23.1 Å². The number of hydrogen-bond donors (Lipinski definition) is 0. The SMILES string of the molecule is CCC(C)(C)C(=O)C(=O)N1CCC[C@H]1C(=S)OCCC(c1ccc(F)cc1)c1ccc(F)cc1. The molecule has 1 heterocycles. The van der Waals surface area contributed by atoms with Crippen LogP contribution in [0.5, 0.6) is 0 Å². The van der Waals surface area contributed by atoms with Crippen LogP contribution in [0.2, 0.25) is 0 Å². The number of carbonyl (C=O) groups excluding carboxylic acids is 2. The van der Waals surface area contributed by atoms with E-state index in [1.807, 2.05) is 6.92 Å². The molecule has 4 nitrogen and oxygen atoms in total. The van der Waals surface area contributed by atoms with Gasteiger partial charge < -0.3 is 9.64 Å². The van der Waals surface area contributed by atoms with Gasteiger partial charge in [0.25, 0.3) is 5.91 Å². The third kappa shape index (κ3) is 6.06. The first-order valence-electron chi connectivity index (χ1n) is 11.7. The summed E-state index contributed by atoms with van der Waals surface area (Å²) in [5, 5.41) is 0.296. The number of rotatable bonds is 9. The third-order valence-corrected chi connectivity index (χ3v) is 7.06. The van der Waals surface area contributed by atoms with Gasteiger partial charge in [0.2, 0.25) is 5.78 Å². The lowest BCUT2D eigenvalue weighted by atomic mass is 9.84. The molecule has 1 aliphatic heterocycles. The molecule has 0 aromatic heterocycles. The van der Waals surface area contributed by atoms with Gasteiger partial charge >= 0.3 is 0 Å². The zero-order valence-electron chi connectivity index (χ0n) is 19.9. The van der Waals surface area contributed by atoms with Crippen LogP contribution in [0.25, 0.3) is 0 Å². The maximum Gasteiger partial charge on any atom is 0.291 e. The lowest BCUT2D eigenvalue weighted by Crippen LogP contribution is -2.47. The highest BCUT2D eigenvalue weighted by atomic mass is 32.1. The average molecular weight is 488 g/mol. The normalized spacial score (nSPS) is 16.1. The van der Waals surface area contributed by atoms with Gasteiger partial charge in [0.15, 0.2) is 5.05 Å². The first-order chi connectivity index (χ1) is 16.1. The van der Waals surface area contributed by atoms with Gasteiger partial charge in [-0.05, 0) is 73.3 Å². The predicted molar refractivity (Wildman–Crippen MR) is 132 cm³/mol. The molecule has 0 N–H and O–H groups in total. The van der Waals surface area contributed by atoms with E-state index in [0.29, 0.717) is 30.9 Å². The Kier molecular flexibility index (Phi) is 8.52. The van der Waals surface area contributed by atoms with Gasteiger partial charge in [-0.25, -0.2) is 8.78 Å². The Balaban J connectivity index is 1.67. The summed E-state index contributed by atoms with van der Waals surface area (Å²) in [4.78, 5) is 27.1. The van der Waals surface area contributed by atoms with Crippen LogP contribution in [0.1, 0.15) is 63.5 Å². The number of benzene rings is 2. The number of nitrogens with zero attached hydrogens (tertiary/aromatic N) is 1. The number of amides is 1. The van der Waals surface area contributed by atoms with Crippen molar-refractivity contribution in [2.24, 2.45) is 5.41 Å². The summed E-state index contributed by atoms with van der Waals surface area (Å²) in [6.45, 7) is 6.19. The van der Waals surface area contributed by atoms with Crippen molar-refractivity contribution in [3.8, 4) is 0 Å². The van der Waals surface area contributed by atoms with Crippen LogP contribution in [0, 0.1) is 17.0 Å². The van der Waals surface area contributed by atoms with E-state index in [-0.39, 0.29) is 24.2 Å². The molecule has 1 saturated heterocycles. The quantitative estimate of drug-likeness (QED) is 0.330. The largest absolute Gasteiger partial charge is 0.485 e. The molecule has 0 unspecified atom stereocenters. The summed E-state index contributed by atoms with van der Waals surface area (Å²) in [5.74, 6) is -1.71. The predicted octanol–water partition coefficient (Wildman–Crippen LogP) is 5.83. The van der Waals surface area contributed by atoms with Gasteiger partial charge in [0, 0.05) is 17.9 Å². The highest BCUT2D eigenvalue weighted by Crippen LogP contribution is 2.30. The van der Waals surface area contributed by atoms with E-state index < -0.39 is 23.1 Å². The van der Waals surface area contributed by atoms with Crippen molar-refractivity contribution in [3.05, 3.63) is 71.3 Å². The molecular weight excluding hydrogens is 456 g/mol. The number of hydrogen-bond acceptors (Lipinski definition) is 4. The van der Waals surface area contributed by atoms with E-state index in [9.17, 15) is 18.4 Å². The Morgan fingerprint density at radius 2 is 1.59 bits per heavy atom. The fraction of sp³-hybridized carbons (Fsp3) is 0.444. The second-order valence-corrected chi connectivity index (χ2v) is 9.74. The molecule has 7 heteroatoms. The smallest absolute Gasteiger partial charge is 0.291 e. The number of thiocarbonyl (C=S) groups is 1. The Morgan fingerprint density at radius 3 is 2.09 bits per heavy atom. The summed E-state index contributed by atoms with van der Waals surface area (Å²) in [6.07, 6.45) is 2.52. The Bertz CT molecular complexity index is 976. The minimum Gasteiger partial charge on any atom is -0.485 e. The summed E-state index contributed by atoms with van der Waals surface area (Å²) in [5.41, 5.74) is 1.05. The lowest BCUT2D eigenvalue weighted by molar-refractivity contribution is -0.149. The van der Waals surface area contributed by atoms with E-state index in [0.717, 1.165) is 17.5 Å². The van der Waals surface area contributed by atoms with Crippen molar-refractivity contribution in [1.82, 2.24) is 4.90 Å². The summed E-state index contributed by atoms with van der Waals surface area (Å²) in [7, 11) is 0. The molecule has 2 aromatic rings. The van der Waals surface area contributed by atoms with Crippen LogP contribution in [0.4, 0.5) is 8.78 Å². The van der Waals surface area contributed by atoms with Gasteiger partial charge in [-0.3, -0.25) is 9.59 Å². The highest BCUT2D eigenvalue weighted by molar-refractivity contribution is 7.80. The summed E-state index contributed by atoms with van der Waals surface area (Å²) < 4.78 is 32.8. The second kappa shape index (κ2) is 11.2. The third-order valence-electron chi connectivity index (χ3n) is 6.67. The van der Waals surface area contributed by atoms with Gasteiger partial charge in [0.1, 0.15) is 17.7 Å². The zero-order valence-corrected chi connectivity index (χ0v) is 20.7. The van der Waals surface area contributed by atoms with E-state index in [1.54, 1.807) is 43.0 Å². The molecule has 0 radical (unpaired) electrons. The molecule has 3 rings (SSSR count). The Hall–Kier alpha value is -2.67. The Morgan fingerprint density at radius 1 is 1.06 bits per heavy atom. The van der Waals surface area contributed by atoms with E-state index in [2.05, 4.69) is 0 Å². The minimum atomic E-state index is -0.718. The molecule has 182 valence electrons. The average Bonchev–Trinajstić information content (AvgIpc) is 3.32. The Labute approximate surface area is 205 Å². The number of likely N-dealkylation sites (tertiary alicyclic amines) is 1. The molecule has 0 bridgehead atoms. The standard InChI is InChI=1S/C27H31F2NO3S/c1-4-27(2,3)24(31)25(32)30-16-5-6-23(30)26(34)33-17-15-22(18-7-11-20(28)12-8-18)19-9-13-21(29)14-10-19/h7-14,22-23H,4-6,15-17H2,1-3H3/t23-/m0/s1. The first kappa shape index (κ1) is 25.9. The lowest BCUT2D eigenvalue weighted by Gasteiger charge is -2.28. The fourth-order valence-electron chi connectivity index (χ4n) is 4.12. The number of ketones is 1. The van der Waals surface area contributed by atoms with Crippen molar-refractivity contribution in [2.45, 2.75) is 58.4 Å². The summed E-state index contributed by atoms with van der Waals surface area (Å²) >= 11 is 5.51. The molecular formula is C27H31F2NO3S. The molecule has 0 spiro atoms. The van der Waals surface area contributed by atoms with Crippen LogP contribution < -0.4 is 0 Å². The first-order valence-corrected chi connectivity index (χ1v) is 12.1. The maximum atomic E-state index is 13.4. The van der Waals surface area contributed by atoms with Crippen molar-refractivity contribution >= 4 is 29.0 Å². The monoisotopic (exact) mass is 487 g/mol. The number of ether oxygens (including phenoxy) is 1. The van der Waals surface area contributed by atoms with Crippen molar-refractivity contribution in [2.75, 3.05) is 13.2 Å². The highest BCUT2D eigenvalue weighted by Gasteiger charge is 2.40. The topological polar surface area (TPSA) is 46.6 Å². The zero-order chi connectivity index (χ0) is 24.9. The summed E-state index contributed by atoms with van der Waals surface area (Å²) in [6, 6.07) is 12.0. The van der Waals surface area contributed by atoms with Crippen LogP contribution in [0.15, 0.2) is 48.5 Å². The number of Topliss-reactive ketones (excluding diaryl/α,β-unsaturated/α-hetero) is 1.